The van der Waals surface area contributed by atoms with Crippen LogP contribution >= 0.6 is 11.8 Å². The van der Waals surface area contributed by atoms with Crippen LogP contribution in [0.15, 0.2) is 53.4 Å². The van der Waals surface area contributed by atoms with Gasteiger partial charge in [-0.05, 0) is 18.2 Å². The first-order valence-corrected chi connectivity index (χ1v) is 7.84. The molecular weight excluding hydrogens is 330 g/mol. The number of para-hydroxylation sites is 1. The van der Waals surface area contributed by atoms with Crippen LogP contribution in [0, 0.1) is 21.4 Å². The van der Waals surface area contributed by atoms with Gasteiger partial charge < -0.3 is 10.1 Å². The molecule has 0 aliphatic rings. The summed E-state index contributed by atoms with van der Waals surface area (Å²) in [7, 11) is 0. The van der Waals surface area contributed by atoms with Gasteiger partial charge in [0, 0.05) is 11.0 Å². The van der Waals surface area contributed by atoms with Gasteiger partial charge in [0.25, 0.3) is 11.6 Å². The number of ether oxygens (including phenoxy) is 1. The van der Waals surface area contributed by atoms with E-state index in [0.29, 0.717) is 5.69 Å². The highest BCUT2D eigenvalue weighted by Gasteiger charge is 2.10. The number of non-ortho nitro benzene ring substituents is 1. The molecule has 0 spiro atoms. The smallest absolute Gasteiger partial charge is 0.273 e. The van der Waals surface area contributed by atoms with Crippen molar-refractivity contribution in [3.8, 4) is 11.8 Å². The maximum Gasteiger partial charge on any atom is 0.273 e. The number of carbonyl (C=O) groups is 1. The molecule has 0 aromatic heterocycles. The van der Waals surface area contributed by atoms with E-state index in [-0.39, 0.29) is 23.8 Å². The summed E-state index contributed by atoms with van der Waals surface area (Å²) in [6, 6.07) is 14.8. The minimum absolute atomic E-state index is 0.105. The summed E-state index contributed by atoms with van der Waals surface area (Å²) in [5.41, 5.74) is 0.483. The average molecular weight is 343 g/mol. The molecule has 0 aliphatic carbocycles. The third-order valence-electron chi connectivity index (χ3n) is 2.85. The van der Waals surface area contributed by atoms with Crippen molar-refractivity contribution < 1.29 is 14.5 Å². The number of amides is 1. The summed E-state index contributed by atoms with van der Waals surface area (Å²) in [4.78, 5) is 22.9. The van der Waals surface area contributed by atoms with E-state index in [0.717, 1.165) is 4.90 Å². The molecular formula is C16H13N3O4S. The van der Waals surface area contributed by atoms with Crippen molar-refractivity contribution >= 4 is 29.0 Å². The number of nitro benzene ring substituents is 1. The Bertz CT molecular complexity index is 789. The summed E-state index contributed by atoms with van der Waals surface area (Å²) in [6.07, 6.45) is 0. The van der Waals surface area contributed by atoms with Crippen molar-refractivity contribution in [2.75, 3.05) is 17.7 Å². The lowest BCUT2D eigenvalue weighted by Crippen LogP contribution is -2.20. The molecule has 2 aromatic carbocycles. The molecule has 0 fully saturated rings. The molecule has 1 N–H and O–H groups in total. The highest BCUT2D eigenvalue weighted by atomic mass is 32.2. The molecule has 0 atom stereocenters. The molecule has 0 radical (unpaired) electrons. The zero-order valence-corrected chi connectivity index (χ0v) is 13.3. The number of nitrogens with one attached hydrogen (secondary N) is 1. The van der Waals surface area contributed by atoms with Gasteiger partial charge in [0.05, 0.1) is 28.5 Å². The van der Waals surface area contributed by atoms with Crippen LogP contribution in [-0.2, 0) is 4.79 Å². The van der Waals surface area contributed by atoms with Crippen LogP contribution in [0.4, 0.5) is 11.4 Å². The molecule has 8 heteroatoms. The SMILES string of the molecule is N#CCSc1ccccc1NC(=O)COc1cccc([N+](=O)[O-])c1. The molecule has 1 amide bonds. The lowest BCUT2D eigenvalue weighted by Gasteiger charge is -2.10. The number of nitriles is 1. The number of nitrogens with zero attached hydrogens (tertiary/aromatic N) is 2. The predicted molar refractivity (Wildman–Crippen MR) is 90.0 cm³/mol. The number of thioether (sulfide) groups is 1. The normalized spacial score (nSPS) is 9.79. The Labute approximate surface area is 142 Å². The lowest BCUT2D eigenvalue weighted by atomic mass is 10.3. The van der Waals surface area contributed by atoms with Crippen molar-refractivity contribution in [2.24, 2.45) is 0 Å². The minimum Gasteiger partial charge on any atom is -0.484 e. The quantitative estimate of drug-likeness (QED) is 0.470. The molecule has 24 heavy (non-hydrogen) atoms. The van der Waals surface area contributed by atoms with E-state index in [2.05, 4.69) is 5.32 Å². The molecule has 0 unspecified atom stereocenters. The molecule has 0 heterocycles. The Morgan fingerprint density at radius 3 is 2.83 bits per heavy atom. The van der Waals surface area contributed by atoms with E-state index in [1.54, 1.807) is 18.2 Å². The van der Waals surface area contributed by atoms with E-state index in [1.807, 2.05) is 12.1 Å². The first-order valence-electron chi connectivity index (χ1n) is 6.86. The standard InChI is InChI=1S/C16H13N3O4S/c17-8-9-24-15-7-2-1-6-14(15)18-16(20)11-23-13-5-3-4-12(10-13)19(21)22/h1-7,10H,9,11H2,(H,18,20). The molecule has 2 aromatic rings. The summed E-state index contributed by atoms with van der Waals surface area (Å²) < 4.78 is 5.28. The summed E-state index contributed by atoms with van der Waals surface area (Å²) in [5, 5.41) is 22.0. The van der Waals surface area contributed by atoms with Gasteiger partial charge in [-0.3, -0.25) is 14.9 Å². The second kappa shape index (κ2) is 8.55. The van der Waals surface area contributed by atoms with Crippen LogP contribution in [0.1, 0.15) is 0 Å². The Hall–Kier alpha value is -3.05. The fourth-order valence-electron chi connectivity index (χ4n) is 1.83. The molecule has 122 valence electrons. The molecule has 7 nitrogen and oxygen atoms in total. The third-order valence-corrected chi connectivity index (χ3v) is 3.79. The molecule has 2 rings (SSSR count). The van der Waals surface area contributed by atoms with Crippen molar-refractivity contribution in [3.05, 3.63) is 58.6 Å². The summed E-state index contributed by atoms with van der Waals surface area (Å²) in [5.74, 6) is 0.120. The first-order chi connectivity index (χ1) is 11.6. The maximum atomic E-state index is 12.0. The number of anilines is 1. The number of rotatable bonds is 7. The predicted octanol–water partition coefficient (Wildman–Crippen LogP) is 3.23. The Kier molecular flexibility index (Phi) is 6.16. The van der Waals surface area contributed by atoms with Crippen LogP contribution in [0.25, 0.3) is 0 Å². The molecule has 0 aliphatic heterocycles. The van der Waals surface area contributed by atoms with Crippen molar-refractivity contribution in [1.82, 2.24) is 0 Å². The number of nitro groups is 1. The zero-order valence-electron chi connectivity index (χ0n) is 12.5. The number of benzene rings is 2. The van der Waals surface area contributed by atoms with Gasteiger partial charge in [-0.1, -0.05) is 18.2 Å². The topological polar surface area (TPSA) is 105 Å². The third kappa shape index (κ3) is 5.00. The second-order valence-electron chi connectivity index (χ2n) is 4.53. The monoisotopic (exact) mass is 343 g/mol. The van der Waals surface area contributed by atoms with Gasteiger partial charge in [0.1, 0.15) is 5.75 Å². The van der Waals surface area contributed by atoms with Crippen LogP contribution in [-0.4, -0.2) is 23.2 Å². The van der Waals surface area contributed by atoms with Crippen molar-refractivity contribution in [2.45, 2.75) is 4.90 Å². The molecule has 0 saturated carbocycles. The van der Waals surface area contributed by atoms with Gasteiger partial charge in [0.15, 0.2) is 6.61 Å². The zero-order chi connectivity index (χ0) is 17.4. The van der Waals surface area contributed by atoms with Crippen molar-refractivity contribution in [1.29, 1.82) is 5.26 Å². The van der Waals surface area contributed by atoms with Crippen LogP contribution in [0.5, 0.6) is 5.75 Å². The Balaban J connectivity index is 1.96. The Morgan fingerprint density at radius 2 is 2.08 bits per heavy atom. The van der Waals surface area contributed by atoms with Gasteiger partial charge in [-0.25, -0.2) is 0 Å². The van der Waals surface area contributed by atoms with E-state index >= 15 is 0 Å². The first kappa shape index (κ1) is 17.3. The van der Waals surface area contributed by atoms with Crippen LogP contribution in [0.2, 0.25) is 0 Å². The lowest BCUT2D eigenvalue weighted by molar-refractivity contribution is -0.384. The number of hydrogen-bond acceptors (Lipinski definition) is 6. The van der Waals surface area contributed by atoms with Crippen LogP contribution < -0.4 is 10.1 Å². The maximum absolute atomic E-state index is 12.0. The fraction of sp³-hybridized carbons (Fsp3) is 0.125. The summed E-state index contributed by atoms with van der Waals surface area (Å²) >= 11 is 1.32. The fourth-order valence-corrected chi connectivity index (χ4v) is 2.50. The number of hydrogen-bond donors (Lipinski definition) is 1. The van der Waals surface area contributed by atoms with Crippen molar-refractivity contribution in [3.63, 3.8) is 0 Å². The van der Waals surface area contributed by atoms with E-state index in [9.17, 15) is 14.9 Å². The molecule has 0 saturated heterocycles. The minimum atomic E-state index is -0.532. The summed E-state index contributed by atoms with van der Waals surface area (Å²) in [6.45, 7) is -0.279. The van der Waals surface area contributed by atoms with Gasteiger partial charge in [-0.15, -0.1) is 11.8 Å². The van der Waals surface area contributed by atoms with E-state index < -0.39 is 10.8 Å². The van der Waals surface area contributed by atoms with Gasteiger partial charge in [-0.2, -0.15) is 5.26 Å². The van der Waals surface area contributed by atoms with E-state index in [4.69, 9.17) is 10.00 Å². The average Bonchev–Trinajstić information content (AvgIpc) is 2.59. The van der Waals surface area contributed by atoms with Gasteiger partial charge >= 0.3 is 0 Å². The van der Waals surface area contributed by atoms with Gasteiger partial charge in [0.2, 0.25) is 0 Å². The van der Waals surface area contributed by atoms with Crippen LogP contribution in [0.3, 0.4) is 0 Å². The second-order valence-corrected chi connectivity index (χ2v) is 5.55. The highest BCUT2D eigenvalue weighted by molar-refractivity contribution is 7.99. The Morgan fingerprint density at radius 1 is 1.29 bits per heavy atom. The number of carbonyl (C=O) groups excluding carboxylic acids is 1. The molecule has 0 bridgehead atoms. The van der Waals surface area contributed by atoms with E-state index in [1.165, 1.54) is 36.0 Å². The highest BCUT2D eigenvalue weighted by Crippen LogP contribution is 2.26. The largest absolute Gasteiger partial charge is 0.484 e.